The Labute approximate surface area is 90.7 Å². The topological polar surface area (TPSA) is 41.1 Å². The fourth-order valence-corrected chi connectivity index (χ4v) is 2.35. The van der Waals surface area contributed by atoms with Crippen LogP contribution >= 0.6 is 11.3 Å². The van der Waals surface area contributed by atoms with E-state index >= 15 is 0 Å². The van der Waals surface area contributed by atoms with Crippen LogP contribution in [0.3, 0.4) is 0 Å². The van der Waals surface area contributed by atoms with E-state index in [2.05, 4.69) is 10.6 Å². The molecule has 0 saturated carbocycles. The molecule has 0 spiro atoms. The van der Waals surface area contributed by atoms with Crippen LogP contribution in [0.15, 0.2) is 35.7 Å². The second kappa shape index (κ2) is 3.10. The third kappa shape index (κ3) is 1.30. The third-order valence-corrected chi connectivity index (χ3v) is 3.23. The molecule has 0 radical (unpaired) electrons. The van der Waals surface area contributed by atoms with Crippen molar-refractivity contribution in [2.45, 2.75) is 0 Å². The maximum Gasteiger partial charge on any atom is 0.267 e. The minimum Gasteiger partial charge on any atom is -0.352 e. The van der Waals surface area contributed by atoms with Crippen LogP contribution in [0.25, 0.3) is 0 Å². The first-order valence-corrected chi connectivity index (χ1v) is 5.47. The van der Waals surface area contributed by atoms with Crippen molar-refractivity contribution in [3.8, 4) is 0 Å². The molecule has 0 atom stereocenters. The second-order valence-electron chi connectivity index (χ2n) is 3.29. The molecule has 4 heteroatoms. The zero-order valence-corrected chi connectivity index (χ0v) is 8.60. The van der Waals surface area contributed by atoms with Gasteiger partial charge in [0.15, 0.2) is 0 Å². The van der Waals surface area contributed by atoms with Gasteiger partial charge < -0.3 is 10.6 Å². The molecule has 2 N–H and O–H groups in total. The van der Waals surface area contributed by atoms with Crippen molar-refractivity contribution < 1.29 is 4.79 Å². The number of benzene rings is 1. The van der Waals surface area contributed by atoms with Gasteiger partial charge in [0.2, 0.25) is 0 Å². The van der Waals surface area contributed by atoms with Crippen LogP contribution in [0.5, 0.6) is 0 Å². The van der Waals surface area contributed by atoms with E-state index in [1.165, 1.54) is 11.3 Å². The molecule has 2 aromatic rings. The van der Waals surface area contributed by atoms with Gasteiger partial charge >= 0.3 is 0 Å². The van der Waals surface area contributed by atoms with Crippen molar-refractivity contribution >= 4 is 34.3 Å². The molecule has 0 saturated heterocycles. The predicted octanol–water partition coefficient (Wildman–Crippen LogP) is 3.06. The predicted molar refractivity (Wildman–Crippen MR) is 62.0 cm³/mol. The number of hydrogen-bond donors (Lipinski definition) is 2. The minimum absolute atomic E-state index is 0.0440. The van der Waals surface area contributed by atoms with Crippen LogP contribution in [-0.2, 0) is 0 Å². The van der Waals surface area contributed by atoms with Crippen LogP contribution in [0.4, 0.5) is 17.1 Å². The first-order valence-electron chi connectivity index (χ1n) is 4.59. The molecule has 1 aliphatic rings. The molecule has 0 bridgehead atoms. The summed E-state index contributed by atoms with van der Waals surface area (Å²) in [5.41, 5.74) is 2.64. The Morgan fingerprint density at radius 1 is 0.933 bits per heavy atom. The quantitative estimate of drug-likeness (QED) is 0.710. The summed E-state index contributed by atoms with van der Waals surface area (Å²) in [6.07, 6.45) is 0. The van der Waals surface area contributed by atoms with Crippen LogP contribution in [0.2, 0.25) is 0 Å². The zero-order valence-electron chi connectivity index (χ0n) is 7.78. The molecule has 3 rings (SSSR count). The van der Waals surface area contributed by atoms with E-state index in [1.54, 1.807) is 0 Å². The number of carbonyl (C=O) groups is 1. The van der Waals surface area contributed by atoms with Crippen LogP contribution in [0, 0.1) is 0 Å². The number of amides is 1. The highest BCUT2D eigenvalue weighted by atomic mass is 32.1. The number of hydrogen-bond acceptors (Lipinski definition) is 3. The average molecular weight is 216 g/mol. The molecule has 3 nitrogen and oxygen atoms in total. The number of rotatable bonds is 0. The second-order valence-corrected chi connectivity index (χ2v) is 4.20. The number of nitrogens with one attached hydrogen (secondary N) is 2. The standard InChI is InChI=1S/C11H8N2OS/c14-11-10-9(5-6-15-10)12-7-3-1-2-4-8(7)13-11/h1-6,12H,(H,13,14). The first-order chi connectivity index (χ1) is 7.34. The fraction of sp³-hybridized carbons (Fsp3) is 0. The summed E-state index contributed by atoms with van der Waals surface area (Å²) in [4.78, 5) is 12.5. The summed E-state index contributed by atoms with van der Waals surface area (Å²) >= 11 is 1.44. The van der Waals surface area contributed by atoms with Crippen LogP contribution in [0.1, 0.15) is 9.67 Å². The molecule has 1 amide bonds. The Hall–Kier alpha value is -1.81. The largest absolute Gasteiger partial charge is 0.352 e. The summed E-state index contributed by atoms with van der Waals surface area (Å²) in [5.74, 6) is -0.0440. The van der Waals surface area contributed by atoms with Gasteiger partial charge in [-0.15, -0.1) is 11.3 Å². The van der Waals surface area contributed by atoms with Crippen molar-refractivity contribution in [3.05, 3.63) is 40.6 Å². The molecule has 0 unspecified atom stereocenters. The number of thiophene rings is 1. The fourth-order valence-electron chi connectivity index (χ4n) is 1.61. The van der Waals surface area contributed by atoms with Crippen LogP contribution in [-0.4, -0.2) is 5.91 Å². The zero-order chi connectivity index (χ0) is 10.3. The molecule has 1 aromatic heterocycles. The molecule has 15 heavy (non-hydrogen) atoms. The van der Waals surface area contributed by atoms with Crippen molar-refractivity contribution in [1.82, 2.24) is 0 Å². The smallest absolute Gasteiger partial charge is 0.267 e. The summed E-state index contributed by atoms with van der Waals surface area (Å²) < 4.78 is 0. The lowest BCUT2D eigenvalue weighted by Crippen LogP contribution is -2.08. The first kappa shape index (κ1) is 8.49. The lowest BCUT2D eigenvalue weighted by Gasteiger charge is -2.06. The van der Waals surface area contributed by atoms with Gasteiger partial charge in [0, 0.05) is 0 Å². The normalized spacial score (nSPS) is 13.2. The number of anilines is 3. The molecule has 0 fully saturated rings. The Bertz CT molecular complexity index is 533. The van der Waals surface area contributed by atoms with E-state index in [0.29, 0.717) is 0 Å². The SMILES string of the molecule is O=C1Nc2ccccc2Nc2ccsc21. The average Bonchev–Trinajstić information content (AvgIpc) is 2.64. The summed E-state index contributed by atoms with van der Waals surface area (Å²) in [6, 6.07) is 9.59. The van der Waals surface area contributed by atoms with Gasteiger partial charge in [-0.3, -0.25) is 4.79 Å². The van der Waals surface area contributed by atoms with Crippen molar-refractivity contribution in [2.24, 2.45) is 0 Å². The van der Waals surface area contributed by atoms with Gasteiger partial charge in [-0.25, -0.2) is 0 Å². The lowest BCUT2D eigenvalue weighted by molar-refractivity contribution is 0.103. The molecule has 1 aliphatic heterocycles. The van der Waals surface area contributed by atoms with Crippen molar-refractivity contribution in [1.29, 1.82) is 0 Å². The molecule has 74 valence electrons. The minimum atomic E-state index is -0.0440. The van der Waals surface area contributed by atoms with E-state index in [-0.39, 0.29) is 5.91 Å². The summed E-state index contributed by atoms with van der Waals surface area (Å²) in [7, 11) is 0. The summed E-state index contributed by atoms with van der Waals surface area (Å²) in [5, 5.41) is 8.02. The molecular formula is C11H8N2OS. The van der Waals surface area contributed by atoms with Crippen LogP contribution < -0.4 is 10.6 Å². The third-order valence-electron chi connectivity index (χ3n) is 2.32. The van der Waals surface area contributed by atoms with Gasteiger partial charge in [-0.2, -0.15) is 0 Å². The molecular weight excluding hydrogens is 208 g/mol. The van der Waals surface area contributed by atoms with E-state index < -0.39 is 0 Å². The van der Waals surface area contributed by atoms with E-state index in [1.807, 2.05) is 35.7 Å². The molecule has 0 aliphatic carbocycles. The Balaban J connectivity index is 2.18. The van der Waals surface area contributed by atoms with Crippen molar-refractivity contribution in [2.75, 3.05) is 10.6 Å². The monoisotopic (exact) mass is 216 g/mol. The number of para-hydroxylation sites is 2. The van der Waals surface area contributed by atoms with Crippen molar-refractivity contribution in [3.63, 3.8) is 0 Å². The van der Waals surface area contributed by atoms with E-state index in [9.17, 15) is 4.79 Å². The number of carbonyl (C=O) groups excluding carboxylic acids is 1. The van der Waals surface area contributed by atoms with Gasteiger partial charge in [0.05, 0.1) is 17.1 Å². The van der Waals surface area contributed by atoms with Gasteiger partial charge in [-0.1, -0.05) is 12.1 Å². The number of fused-ring (bicyclic) bond motifs is 2. The maximum absolute atomic E-state index is 11.8. The maximum atomic E-state index is 11.8. The lowest BCUT2D eigenvalue weighted by atomic mass is 10.2. The Kier molecular flexibility index (Phi) is 1.76. The summed E-state index contributed by atoms with van der Waals surface area (Å²) in [6.45, 7) is 0. The molecule has 1 aromatic carbocycles. The Morgan fingerprint density at radius 3 is 2.47 bits per heavy atom. The highest BCUT2D eigenvalue weighted by Gasteiger charge is 2.19. The van der Waals surface area contributed by atoms with Gasteiger partial charge in [0.1, 0.15) is 4.88 Å². The van der Waals surface area contributed by atoms with E-state index in [4.69, 9.17) is 0 Å². The Morgan fingerprint density at radius 2 is 1.67 bits per heavy atom. The molecule has 2 heterocycles. The van der Waals surface area contributed by atoms with Gasteiger partial charge in [0.25, 0.3) is 5.91 Å². The van der Waals surface area contributed by atoms with Gasteiger partial charge in [-0.05, 0) is 23.6 Å². The highest BCUT2D eigenvalue weighted by molar-refractivity contribution is 7.12. The van der Waals surface area contributed by atoms with E-state index in [0.717, 1.165) is 21.9 Å². The highest BCUT2D eigenvalue weighted by Crippen LogP contribution is 2.33.